The summed E-state index contributed by atoms with van der Waals surface area (Å²) in [6.45, 7) is 6.21. The van der Waals surface area contributed by atoms with Crippen LogP contribution in [0.3, 0.4) is 0 Å². The van der Waals surface area contributed by atoms with Crippen LogP contribution >= 0.6 is 11.3 Å². The van der Waals surface area contributed by atoms with Gasteiger partial charge in [-0.1, -0.05) is 19.8 Å². The molecule has 6 heteroatoms. The van der Waals surface area contributed by atoms with E-state index < -0.39 is 0 Å². The molecule has 1 amide bonds. The minimum absolute atomic E-state index is 0.0273. The van der Waals surface area contributed by atoms with Crippen LogP contribution in [0.1, 0.15) is 54.3 Å². The average Bonchev–Trinajstić information content (AvgIpc) is 2.74. The molecule has 0 N–H and O–H groups in total. The van der Waals surface area contributed by atoms with E-state index in [9.17, 15) is 9.59 Å². The van der Waals surface area contributed by atoms with Crippen LogP contribution in [-0.4, -0.2) is 33.4 Å². The standard InChI is InChI=1S/C17H23N3O2S/c1-3-8-20-11-18-15-13(16(20)21)12(2)14(23-15)17(22)19-9-6-4-5-7-10-19/h11H,3-10H2,1-2H3. The van der Waals surface area contributed by atoms with Gasteiger partial charge in [0.2, 0.25) is 0 Å². The number of carbonyl (C=O) groups excluding carboxylic acids is 1. The molecule has 2 aromatic rings. The summed E-state index contributed by atoms with van der Waals surface area (Å²) >= 11 is 1.36. The predicted molar refractivity (Wildman–Crippen MR) is 93.3 cm³/mol. The maximum absolute atomic E-state index is 12.9. The molecule has 0 aliphatic carbocycles. The van der Waals surface area contributed by atoms with Crippen LogP contribution in [0.25, 0.3) is 10.2 Å². The molecular formula is C17H23N3O2S. The van der Waals surface area contributed by atoms with Crippen molar-refractivity contribution in [2.24, 2.45) is 0 Å². The van der Waals surface area contributed by atoms with Gasteiger partial charge in [-0.25, -0.2) is 4.98 Å². The summed E-state index contributed by atoms with van der Waals surface area (Å²) in [7, 11) is 0. The second-order valence-corrected chi connectivity index (χ2v) is 7.18. The highest BCUT2D eigenvalue weighted by atomic mass is 32.1. The highest BCUT2D eigenvalue weighted by molar-refractivity contribution is 7.20. The van der Waals surface area contributed by atoms with E-state index in [0.717, 1.165) is 37.9 Å². The number of hydrogen-bond donors (Lipinski definition) is 0. The Kier molecular flexibility index (Phi) is 4.80. The Hall–Kier alpha value is -1.69. The van der Waals surface area contributed by atoms with Gasteiger partial charge in [0.15, 0.2) is 0 Å². The van der Waals surface area contributed by atoms with E-state index in [1.54, 1.807) is 10.9 Å². The molecule has 1 aliphatic heterocycles. The van der Waals surface area contributed by atoms with Crippen LogP contribution < -0.4 is 5.56 Å². The number of aryl methyl sites for hydroxylation is 2. The van der Waals surface area contributed by atoms with E-state index in [1.807, 2.05) is 18.7 Å². The summed E-state index contributed by atoms with van der Waals surface area (Å²) in [4.78, 5) is 33.2. The van der Waals surface area contributed by atoms with Gasteiger partial charge in [0, 0.05) is 19.6 Å². The maximum atomic E-state index is 12.9. The van der Waals surface area contributed by atoms with Crippen molar-refractivity contribution in [1.29, 1.82) is 0 Å². The molecule has 0 unspecified atom stereocenters. The Labute approximate surface area is 139 Å². The van der Waals surface area contributed by atoms with Crippen molar-refractivity contribution in [2.75, 3.05) is 13.1 Å². The van der Waals surface area contributed by atoms with Gasteiger partial charge in [-0.15, -0.1) is 11.3 Å². The van der Waals surface area contributed by atoms with Gasteiger partial charge >= 0.3 is 0 Å². The van der Waals surface area contributed by atoms with Gasteiger partial charge in [0.25, 0.3) is 11.5 Å². The Morgan fingerprint density at radius 3 is 2.61 bits per heavy atom. The van der Waals surface area contributed by atoms with Crippen molar-refractivity contribution in [3.8, 4) is 0 Å². The van der Waals surface area contributed by atoms with E-state index in [1.165, 1.54) is 24.2 Å². The number of nitrogens with zero attached hydrogens (tertiary/aromatic N) is 3. The van der Waals surface area contributed by atoms with Gasteiger partial charge in [-0.2, -0.15) is 0 Å². The minimum Gasteiger partial charge on any atom is -0.338 e. The summed E-state index contributed by atoms with van der Waals surface area (Å²) in [5.41, 5.74) is 0.766. The molecule has 1 aliphatic rings. The number of fused-ring (bicyclic) bond motifs is 1. The molecular weight excluding hydrogens is 310 g/mol. The van der Waals surface area contributed by atoms with Crippen LogP contribution in [0.15, 0.2) is 11.1 Å². The van der Waals surface area contributed by atoms with Gasteiger partial charge in [-0.3, -0.25) is 14.2 Å². The summed E-state index contributed by atoms with van der Waals surface area (Å²) in [5, 5.41) is 0.615. The fourth-order valence-electron chi connectivity index (χ4n) is 3.18. The van der Waals surface area contributed by atoms with Crippen molar-refractivity contribution in [3.05, 3.63) is 27.1 Å². The summed E-state index contributed by atoms with van der Waals surface area (Å²) in [6.07, 6.45) is 7.01. The fourth-order valence-corrected chi connectivity index (χ4v) is 4.29. The smallest absolute Gasteiger partial charge is 0.264 e. The number of hydrogen-bond acceptors (Lipinski definition) is 4. The second kappa shape index (κ2) is 6.83. The highest BCUT2D eigenvalue weighted by Gasteiger charge is 2.24. The summed E-state index contributed by atoms with van der Waals surface area (Å²) in [6, 6.07) is 0. The van der Waals surface area contributed by atoms with E-state index in [4.69, 9.17) is 0 Å². The number of amides is 1. The first-order valence-electron chi connectivity index (χ1n) is 8.41. The number of aromatic nitrogens is 2. The lowest BCUT2D eigenvalue weighted by Crippen LogP contribution is -2.31. The third kappa shape index (κ3) is 3.04. The molecule has 3 heterocycles. The maximum Gasteiger partial charge on any atom is 0.264 e. The van der Waals surface area contributed by atoms with Crippen LogP contribution in [0.5, 0.6) is 0 Å². The van der Waals surface area contributed by atoms with E-state index >= 15 is 0 Å². The molecule has 3 rings (SSSR count). The van der Waals surface area contributed by atoms with Crippen LogP contribution in [-0.2, 0) is 6.54 Å². The Bertz CT molecular complexity index is 770. The Morgan fingerprint density at radius 2 is 1.96 bits per heavy atom. The third-order valence-corrected chi connectivity index (χ3v) is 5.66. The van der Waals surface area contributed by atoms with Crippen molar-refractivity contribution < 1.29 is 4.79 Å². The van der Waals surface area contributed by atoms with Crippen LogP contribution in [0.2, 0.25) is 0 Å². The average molecular weight is 333 g/mol. The molecule has 0 bridgehead atoms. The molecule has 1 fully saturated rings. The first-order chi connectivity index (χ1) is 11.1. The van der Waals surface area contributed by atoms with Crippen molar-refractivity contribution in [3.63, 3.8) is 0 Å². The first kappa shape index (κ1) is 16.2. The molecule has 0 radical (unpaired) electrons. The Balaban J connectivity index is 2.01. The Morgan fingerprint density at radius 1 is 1.26 bits per heavy atom. The molecule has 0 spiro atoms. The molecule has 2 aromatic heterocycles. The van der Waals surface area contributed by atoms with E-state index in [0.29, 0.717) is 21.6 Å². The lowest BCUT2D eigenvalue weighted by atomic mass is 10.2. The van der Waals surface area contributed by atoms with Gasteiger partial charge in [0.05, 0.1) is 16.6 Å². The van der Waals surface area contributed by atoms with Crippen molar-refractivity contribution in [2.45, 2.75) is 52.5 Å². The zero-order valence-corrected chi connectivity index (χ0v) is 14.6. The van der Waals surface area contributed by atoms with Crippen molar-refractivity contribution >= 4 is 27.5 Å². The fraction of sp³-hybridized carbons (Fsp3) is 0.588. The lowest BCUT2D eigenvalue weighted by molar-refractivity contribution is 0.0766. The largest absolute Gasteiger partial charge is 0.338 e. The summed E-state index contributed by atoms with van der Waals surface area (Å²) < 4.78 is 1.64. The van der Waals surface area contributed by atoms with Crippen LogP contribution in [0.4, 0.5) is 0 Å². The number of thiophene rings is 1. The third-order valence-electron chi connectivity index (χ3n) is 4.47. The minimum atomic E-state index is -0.0273. The molecule has 124 valence electrons. The first-order valence-corrected chi connectivity index (χ1v) is 9.23. The molecule has 0 saturated carbocycles. The number of carbonyl (C=O) groups is 1. The number of likely N-dealkylation sites (tertiary alicyclic amines) is 1. The van der Waals surface area contributed by atoms with Gasteiger partial charge < -0.3 is 4.90 Å². The second-order valence-electron chi connectivity index (χ2n) is 6.19. The molecule has 0 aromatic carbocycles. The van der Waals surface area contributed by atoms with Crippen LogP contribution in [0, 0.1) is 6.92 Å². The predicted octanol–water partition coefficient (Wildman–Crippen LogP) is 3.19. The zero-order chi connectivity index (χ0) is 16.4. The molecule has 23 heavy (non-hydrogen) atoms. The molecule has 0 atom stereocenters. The highest BCUT2D eigenvalue weighted by Crippen LogP contribution is 2.28. The van der Waals surface area contributed by atoms with Gasteiger partial charge in [-0.05, 0) is 31.7 Å². The van der Waals surface area contributed by atoms with Gasteiger partial charge in [0.1, 0.15) is 4.83 Å². The zero-order valence-electron chi connectivity index (χ0n) is 13.8. The SMILES string of the molecule is CCCn1cnc2sc(C(=O)N3CCCCCC3)c(C)c2c1=O. The summed E-state index contributed by atoms with van der Waals surface area (Å²) in [5.74, 6) is 0.0637. The number of rotatable bonds is 3. The topological polar surface area (TPSA) is 55.2 Å². The molecule has 1 saturated heterocycles. The quantitative estimate of drug-likeness (QED) is 0.867. The normalized spacial score (nSPS) is 15.8. The van der Waals surface area contributed by atoms with E-state index in [-0.39, 0.29) is 11.5 Å². The monoisotopic (exact) mass is 333 g/mol. The van der Waals surface area contributed by atoms with E-state index in [2.05, 4.69) is 4.98 Å². The molecule has 5 nitrogen and oxygen atoms in total. The lowest BCUT2D eigenvalue weighted by Gasteiger charge is -2.19. The van der Waals surface area contributed by atoms with Crippen molar-refractivity contribution in [1.82, 2.24) is 14.5 Å².